The molecule has 30 heavy (non-hydrogen) atoms. The molecule has 6 nitrogen and oxygen atoms in total. The van der Waals surface area contributed by atoms with Crippen LogP contribution in [0.15, 0.2) is 64.9 Å². The minimum absolute atomic E-state index is 0.179. The van der Waals surface area contributed by atoms with Crippen molar-refractivity contribution in [3.63, 3.8) is 0 Å². The third-order valence-electron chi connectivity index (χ3n) is 4.81. The molecule has 0 bridgehead atoms. The number of hydrogen-bond donors (Lipinski definition) is 0. The van der Waals surface area contributed by atoms with Crippen LogP contribution in [0, 0.1) is 0 Å². The molecule has 1 aromatic heterocycles. The molecule has 0 N–H and O–H groups in total. The van der Waals surface area contributed by atoms with Gasteiger partial charge in [0.2, 0.25) is 10.0 Å². The summed E-state index contributed by atoms with van der Waals surface area (Å²) in [6, 6.07) is 16.1. The van der Waals surface area contributed by atoms with Gasteiger partial charge in [-0.3, -0.25) is 0 Å². The van der Waals surface area contributed by atoms with E-state index < -0.39 is 10.0 Å². The second-order valence-electron chi connectivity index (χ2n) is 6.82. The lowest BCUT2D eigenvalue weighted by Crippen LogP contribution is -2.30. The monoisotopic (exact) mass is 445 g/mol. The maximum Gasteiger partial charge on any atom is 0.243 e. The van der Waals surface area contributed by atoms with Gasteiger partial charge < -0.3 is 14.2 Å². The van der Waals surface area contributed by atoms with Crippen LogP contribution >= 0.6 is 11.3 Å². The summed E-state index contributed by atoms with van der Waals surface area (Å²) in [5.74, 6) is 1.69. The van der Waals surface area contributed by atoms with Gasteiger partial charge in [-0.05, 0) is 29.6 Å². The lowest BCUT2D eigenvalue weighted by atomic mass is 10.2. The maximum absolute atomic E-state index is 13.6. The van der Waals surface area contributed by atoms with E-state index >= 15 is 0 Å². The van der Waals surface area contributed by atoms with Crippen molar-refractivity contribution in [1.82, 2.24) is 4.31 Å². The summed E-state index contributed by atoms with van der Waals surface area (Å²) < 4.78 is 45.5. The van der Waals surface area contributed by atoms with Gasteiger partial charge in [-0.25, -0.2) is 8.42 Å². The quantitative estimate of drug-likeness (QED) is 0.542. The second kappa shape index (κ2) is 9.07. The number of nitrogens with zero attached hydrogens (tertiary/aromatic N) is 1. The lowest BCUT2D eigenvalue weighted by molar-refractivity contribution is 0.296. The molecule has 0 unspecified atom stereocenters. The lowest BCUT2D eigenvalue weighted by Gasteiger charge is -2.23. The third kappa shape index (κ3) is 4.45. The molecule has 158 valence electrons. The van der Waals surface area contributed by atoms with Crippen molar-refractivity contribution in [3.8, 4) is 17.2 Å². The molecular weight excluding hydrogens is 422 g/mol. The van der Waals surface area contributed by atoms with Crippen LogP contribution in [0.3, 0.4) is 0 Å². The molecule has 4 rings (SSSR count). The predicted octanol–water partition coefficient (Wildman–Crippen LogP) is 4.31. The SMILES string of the molecule is COc1ccccc1CN(Cc1cccs1)S(=O)(=O)c1ccc2c(c1)OCCCO2. The predicted molar refractivity (Wildman–Crippen MR) is 116 cm³/mol. The van der Waals surface area contributed by atoms with Crippen molar-refractivity contribution >= 4 is 21.4 Å². The van der Waals surface area contributed by atoms with E-state index in [2.05, 4.69) is 0 Å². The van der Waals surface area contributed by atoms with E-state index in [1.807, 2.05) is 41.8 Å². The van der Waals surface area contributed by atoms with Crippen LogP contribution in [0.1, 0.15) is 16.9 Å². The van der Waals surface area contributed by atoms with E-state index in [0.29, 0.717) is 30.5 Å². The van der Waals surface area contributed by atoms with Gasteiger partial charge in [0.1, 0.15) is 5.75 Å². The number of ether oxygens (including phenoxy) is 3. The molecule has 0 saturated heterocycles. The fourth-order valence-corrected chi connectivity index (χ4v) is 5.49. The van der Waals surface area contributed by atoms with Crippen LogP contribution in [0.5, 0.6) is 17.2 Å². The normalized spacial score (nSPS) is 13.8. The number of sulfonamides is 1. The topological polar surface area (TPSA) is 65.1 Å². The largest absolute Gasteiger partial charge is 0.496 e. The van der Waals surface area contributed by atoms with Crippen LogP contribution in [0.4, 0.5) is 0 Å². The van der Waals surface area contributed by atoms with E-state index in [1.54, 1.807) is 25.3 Å². The van der Waals surface area contributed by atoms with E-state index in [9.17, 15) is 8.42 Å². The molecule has 2 aromatic carbocycles. The van der Waals surface area contributed by atoms with Crippen LogP contribution in [-0.2, 0) is 23.1 Å². The Morgan fingerprint density at radius 3 is 2.57 bits per heavy atom. The molecule has 0 amide bonds. The second-order valence-corrected chi connectivity index (χ2v) is 9.79. The van der Waals surface area contributed by atoms with Crippen molar-refractivity contribution < 1.29 is 22.6 Å². The molecule has 2 heterocycles. The number of benzene rings is 2. The first kappa shape index (κ1) is 20.7. The molecule has 0 radical (unpaired) electrons. The number of rotatable bonds is 7. The van der Waals surface area contributed by atoms with Gasteiger partial charge in [0.05, 0.1) is 25.2 Å². The first-order valence-electron chi connectivity index (χ1n) is 9.62. The van der Waals surface area contributed by atoms with Crippen molar-refractivity contribution in [3.05, 3.63) is 70.4 Å². The summed E-state index contributed by atoms with van der Waals surface area (Å²) in [5, 5.41) is 1.94. The molecular formula is C22H23NO5S2. The highest BCUT2D eigenvalue weighted by atomic mass is 32.2. The Hall–Kier alpha value is -2.55. The molecule has 0 spiro atoms. The number of para-hydroxylation sites is 1. The van der Waals surface area contributed by atoms with E-state index in [4.69, 9.17) is 14.2 Å². The van der Waals surface area contributed by atoms with Crippen LogP contribution in [-0.4, -0.2) is 33.0 Å². The summed E-state index contributed by atoms with van der Waals surface area (Å²) in [5.41, 5.74) is 0.800. The van der Waals surface area contributed by atoms with Crippen molar-refractivity contribution in [2.24, 2.45) is 0 Å². The van der Waals surface area contributed by atoms with Crippen LogP contribution < -0.4 is 14.2 Å². The molecule has 0 atom stereocenters. The summed E-state index contributed by atoms with van der Waals surface area (Å²) in [7, 11) is -2.21. The van der Waals surface area contributed by atoms with Gasteiger partial charge in [-0.15, -0.1) is 11.3 Å². The molecule has 3 aromatic rings. The Balaban J connectivity index is 1.71. The zero-order chi connectivity index (χ0) is 21.0. The zero-order valence-corrected chi connectivity index (χ0v) is 18.2. The zero-order valence-electron chi connectivity index (χ0n) is 16.6. The Labute approximate surface area is 180 Å². The molecule has 0 fully saturated rings. The van der Waals surface area contributed by atoms with Gasteiger partial charge in [-0.2, -0.15) is 4.31 Å². The maximum atomic E-state index is 13.6. The van der Waals surface area contributed by atoms with Gasteiger partial charge in [-0.1, -0.05) is 24.3 Å². The smallest absolute Gasteiger partial charge is 0.243 e. The summed E-state index contributed by atoms with van der Waals surface area (Å²) >= 11 is 1.53. The fourth-order valence-electron chi connectivity index (χ4n) is 3.28. The fraction of sp³-hybridized carbons (Fsp3) is 0.273. The number of hydrogen-bond acceptors (Lipinski definition) is 6. The Morgan fingerprint density at radius 1 is 1.00 bits per heavy atom. The molecule has 1 aliphatic heterocycles. The average molecular weight is 446 g/mol. The van der Waals surface area contributed by atoms with Crippen LogP contribution in [0.25, 0.3) is 0 Å². The van der Waals surface area contributed by atoms with E-state index in [1.165, 1.54) is 15.6 Å². The first-order chi connectivity index (χ1) is 14.6. The summed E-state index contributed by atoms with van der Waals surface area (Å²) in [6.07, 6.45) is 0.759. The minimum Gasteiger partial charge on any atom is -0.496 e. The summed E-state index contributed by atoms with van der Waals surface area (Å²) in [4.78, 5) is 1.14. The minimum atomic E-state index is -3.80. The third-order valence-corrected chi connectivity index (χ3v) is 7.46. The Morgan fingerprint density at radius 2 is 1.80 bits per heavy atom. The highest BCUT2D eigenvalue weighted by Gasteiger charge is 2.28. The van der Waals surface area contributed by atoms with Gasteiger partial charge in [0.15, 0.2) is 11.5 Å². The number of thiophene rings is 1. The highest BCUT2D eigenvalue weighted by Crippen LogP contribution is 2.34. The molecule has 8 heteroatoms. The molecule has 1 aliphatic rings. The standard InChI is InChI=1S/C22H23NO5S2/c1-26-20-8-3-2-6-17(20)15-23(16-18-7-4-13-29-18)30(24,25)19-9-10-21-22(14-19)28-12-5-11-27-21/h2-4,6-10,13-14H,5,11-12,15-16H2,1H3. The molecule has 0 aliphatic carbocycles. The Kier molecular flexibility index (Phi) is 6.26. The number of fused-ring (bicyclic) bond motifs is 1. The van der Waals surface area contributed by atoms with Crippen molar-refractivity contribution in [1.29, 1.82) is 0 Å². The average Bonchev–Trinajstić information content (AvgIpc) is 3.16. The van der Waals surface area contributed by atoms with Gasteiger partial charge >= 0.3 is 0 Å². The van der Waals surface area contributed by atoms with Gasteiger partial charge in [0, 0.05) is 36.0 Å². The highest BCUT2D eigenvalue weighted by molar-refractivity contribution is 7.89. The first-order valence-corrected chi connectivity index (χ1v) is 11.9. The number of methoxy groups -OCH3 is 1. The van der Waals surface area contributed by atoms with Crippen molar-refractivity contribution in [2.75, 3.05) is 20.3 Å². The van der Waals surface area contributed by atoms with E-state index in [-0.39, 0.29) is 18.0 Å². The summed E-state index contributed by atoms with van der Waals surface area (Å²) in [6.45, 7) is 1.51. The van der Waals surface area contributed by atoms with E-state index in [0.717, 1.165) is 16.9 Å². The Bertz CT molecular complexity index is 1100. The van der Waals surface area contributed by atoms with Crippen molar-refractivity contribution in [2.45, 2.75) is 24.4 Å². The molecule has 0 saturated carbocycles. The van der Waals surface area contributed by atoms with Crippen LogP contribution in [0.2, 0.25) is 0 Å². The van der Waals surface area contributed by atoms with Gasteiger partial charge in [0.25, 0.3) is 0 Å².